The first kappa shape index (κ1) is 17.8. The molecular weight excluding hydrogens is 337 g/mol. The molecule has 0 unspecified atom stereocenters. The second-order valence-corrected chi connectivity index (χ2v) is 6.50. The molecule has 0 aromatic heterocycles. The number of nitrogens with one attached hydrogen (secondary N) is 1. The third-order valence-electron chi connectivity index (χ3n) is 2.99. The fourth-order valence-corrected chi connectivity index (χ4v) is 2.74. The number of hydrogen-bond donors (Lipinski definition) is 1. The molecule has 8 heteroatoms. The highest BCUT2D eigenvalue weighted by molar-refractivity contribution is 7.89. The Balaban J connectivity index is 1.83. The Bertz CT molecular complexity index is 819. The Morgan fingerprint density at radius 1 is 1.00 bits per heavy atom. The van der Waals surface area contributed by atoms with Gasteiger partial charge in [-0.1, -0.05) is 18.2 Å². The van der Waals surface area contributed by atoms with Crippen LogP contribution in [0.4, 0.5) is 4.39 Å². The lowest BCUT2D eigenvalue weighted by atomic mass is 10.1. The van der Waals surface area contributed by atoms with Gasteiger partial charge in [0, 0.05) is 5.56 Å². The van der Waals surface area contributed by atoms with E-state index in [0.29, 0.717) is 0 Å². The van der Waals surface area contributed by atoms with E-state index in [9.17, 15) is 22.4 Å². The number of sulfonamides is 1. The van der Waals surface area contributed by atoms with Gasteiger partial charge < -0.3 is 4.74 Å². The smallest absolute Gasteiger partial charge is 0.321 e. The molecule has 0 bridgehead atoms. The first-order valence-corrected chi connectivity index (χ1v) is 8.36. The second kappa shape index (κ2) is 7.80. The van der Waals surface area contributed by atoms with Crippen LogP contribution in [0.3, 0.4) is 0 Å². The Morgan fingerprint density at radius 2 is 1.62 bits per heavy atom. The van der Waals surface area contributed by atoms with Gasteiger partial charge in [0.2, 0.25) is 10.0 Å². The Hall–Kier alpha value is -2.58. The van der Waals surface area contributed by atoms with E-state index >= 15 is 0 Å². The van der Waals surface area contributed by atoms with E-state index in [1.165, 1.54) is 24.3 Å². The number of halogens is 1. The van der Waals surface area contributed by atoms with Gasteiger partial charge in [-0.15, -0.1) is 0 Å². The summed E-state index contributed by atoms with van der Waals surface area (Å²) in [7, 11) is -3.83. The molecule has 0 heterocycles. The minimum atomic E-state index is -3.83. The van der Waals surface area contributed by atoms with Crippen molar-refractivity contribution in [3.8, 4) is 0 Å². The molecule has 2 aromatic rings. The summed E-state index contributed by atoms with van der Waals surface area (Å²) in [5.41, 5.74) is 0.189. The Labute approximate surface area is 138 Å². The molecule has 24 heavy (non-hydrogen) atoms. The SMILES string of the molecule is O=C(CNS(=O)(=O)c1ccccc1)OCC(=O)c1ccc(F)cc1. The third kappa shape index (κ3) is 4.97. The topological polar surface area (TPSA) is 89.5 Å². The summed E-state index contributed by atoms with van der Waals surface area (Å²) in [5, 5.41) is 0. The lowest BCUT2D eigenvalue weighted by Crippen LogP contribution is -2.31. The van der Waals surface area contributed by atoms with Crippen molar-refractivity contribution >= 4 is 21.8 Å². The van der Waals surface area contributed by atoms with Gasteiger partial charge >= 0.3 is 5.97 Å². The summed E-state index contributed by atoms with van der Waals surface area (Å²) < 4.78 is 43.4. The molecule has 126 valence electrons. The molecular formula is C16H14FNO5S. The van der Waals surface area contributed by atoms with Gasteiger partial charge in [0.1, 0.15) is 12.4 Å². The predicted molar refractivity (Wildman–Crippen MR) is 83.3 cm³/mol. The average molecular weight is 351 g/mol. The van der Waals surface area contributed by atoms with E-state index in [0.717, 1.165) is 12.1 Å². The fourth-order valence-electron chi connectivity index (χ4n) is 1.75. The van der Waals surface area contributed by atoms with Crippen molar-refractivity contribution in [2.75, 3.05) is 13.2 Å². The first-order chi connectivity index (χ1) is 11.4. The van der Waals surface area contributed by atoms with Gasteiger partial charge in [-0.05, 0) is 36.4 Å². The van der Waals surface area contributed by atoms with Gasteiger partial charge in [-0.2, -0.15) is 4.72 Å². The number of hydrogen-bond acceptors (Lipinski definition) is 5. The molecule has 0 atom stereocenters. The van der Waals surface area contributed by atoms with E-state index in [-0.39, 0.29) is 10.5 Å². The molecule has 0 radical (unpaired) electrons. The zero-order valence-corrected chi connectivity index (χ0v) is 13.3. The van der Waals surface area contributed by atoms with Crippen LogP contribution in [0.1, 0.15) is 10.4 Å². The van der Waals surface area contributed by atoms with Gasteiger partial charge in [0.15, 0.2) is 12.4 Å². The van der Waals surface area contributed by atoms with E-state index in [4.69, 9.17) is 4.74 Å². The highest BCUT2D eigenvalue weighted by Crippen LogP contribution is 2.07. The minimum Gasteiger partial charge on any atom is -0.456 e. The van der Waals surface area contributed by atoms with Crippen molar-refractivity contribution in [1.82, 2.24) is 4.72 Å². The summed E-state index contributed by atoms with van der Waals surface area (Å²) in [6.07, 6.45) is 0. The zero-order chi connectivity index (χ0) is 17.6. The third-order valence-corrected chi connectivity index (χ3v) is 4.41. The number of carbonyl (C=O) groups is 2. The number of ketones is 1. The maximum atomic E-state index is 12.8. The molecule has 0 saturated carbocycles. The van der Waals surface area contributed by atoms with Crippen LogP contribution in [0.15, 0.2) is 59.5 Å². The molecule has 0 aliphatic rings. The molecule has 0 aliphatic heterocycles. The molecule has 2 rings (SSSR count). The Kier molecular flexibility index (Phi) is 5.78. The quantitative estimate of drug-likeness (QED) is 0.604. The highest BCUT2D eigenvalue weighted by atomic mass is 32.2. The van der Waals surface area contributed by atoms with Crippen LogP contribution in [-0.2, 0) is 19.6 Å². The van der Waals surface area contributed by atoms with E-state index in [1.54, 1.807) is 18.2 Å². The number of esters is 1. The van der Waals surface area contributed by atoms with Crippen LogP contribution in [0.5, 0.6) is 0 Å². The zero-order valence-electron chi connectivity index (χ0n) is 12.4. The Morgan fingerprint density at radius 3 is 2.25 bits per heavy atom. The second-order valence-electron chi connectivity index (χ2n) is 4.73. The van der Waals surface area contributed by atoms with Gasteiger partial charge in [0.25, 0.3) is 0 Å². The van der Waals surface area contributed by atoms with Crippen molar-refractivity contribution in [3.05, 3.63) is 66.0 Å². The summed E-state index contributed by atoms with van der Waals surface area (Å²) in [5.74, 6) is -1.90. The average Bonchev–Trinajstić information content (AvgIpc) is 2.59. The lowest BCUT2D eigenvalue weighted by Gasteiger charge is -2.07. The maximum Gasteiger partial charge on any atom is 0.321 e. The minimum absolute atomic E-state index is 0.0141. The molecule has 0 spiro atoms. The summed E-state index contributed by atoms with van der Waals surface area (Å²) >= 11 is 0. The standard InChI is InChI=1S/C16H14FNO5S/c17-13-8-6-12(7-9-13)15(19)11-23-16(20)10-18-24(21,22)14-4-2-1-3-5-14/h1-9,18H,10-11H2. The number of benzene rings is 2. The van der Waals surface area contributed by atoms with Crippen molar-refractivity contribution in [3.63, 3.8) is 0 Å². The fraction of sp³-hybridized carbons (Fsp3) is 0.125. The van der Waals surface area contributed by atoms with Crippen LogP contribution >= 0.6 is 0 Å². The van der Waals surface area contributed by atoms with E-state index in [1.807, 2.05) is 0 Å². The molecule has 1 N–H and O–H groups in total. The predicted octanol–water partition coefficient (Wildman–Crippen LogP) is 1.53. The lowest BCUT2D eigenvalue weighted by molar-refractivity contribution is -0.141. The van der Waals surface area contributed by atoms with Crippen LogP contribution in [0, 0.1) is 5.82 Å². The molecule has 0 saturated heterocycles. The summed E-state index contributed by atoms with van der Waals surface area (Å²) in [6, 6.07) is 12.3. The number of carbonyl (C=O) groups excluding carboxylic acids is 2. The van der Waals surface area contributed by atoms with Gasteiger partial charge in [-0.3, -0.25) is 9.59 Å². The largest absolute Gasteiger partial charge is 0.456 e. The summed E-state index contributed by atoms with van der Waals surface area (Å²) in [6.45, 7) is -1.16. The molecule has 0 aliphatic carbocycles. The van der Waals surface area contributed by atoms with Crippen LogP contribution < -0.4 is 4.72 Å². The van der Waals surface area contributed by atoms with Gasteiger partial charge in [0.05, 0.1) is 4.90 Å². The monoisotopic (exact) mass is 351 g/mol. The van der Waals surface area contributed by atoms with Crippen LogP contribution in [0.25, 0.3) is 0 Å². The number of Topliss-reactive ketones (excluding diaryl/α,β-unsaturated/α-hetero) is 1. The molecule has 6 nitrogen and oxygen atoms in total. The van der Waals surface area contributed by atoms with E-state index < -0.39 is 40.7 Å². The van der Waals surface area contributed by atoms with Crippen LogP contribution in [-0.4, -0.2) is 33.3 Å². The van der Waals surface area contributed by atoms with Crippen molar-refractivity contribution in [2.45, 2.75) is 4.90 Å². The highest BCUT2D eigenvalue weighted by Gasteiger charge is 2.16. The van der Waals surface area contributed by atoms with Gasteiger partial charge in [-0.25, -0.2) is 12.8 Å². The molecule has 0 amide bonds. The van der Waals surface area contributed by atoms with Crippen molar-refractivity contribution in [1.29, 1.82) is 0 Å². The van der Waals surface area contributed by atoms with E-state index in [2.05, 4.69) is 4.72 Å². The van der Waals surface area contributed by atoms with Crippen molar-refractivity contribution in [2.24, 2.45) is 0 Å². The van der Waals surface area contributed by atoms with Crippen molar-refractivity contribution < 1.29 is 27.1 Å². The number of rotatable bonds is 7. The normalized spacial score (nSPS) is 11.0. The first-order valence-electron chi connectivity index (χ1n) is 6.87. The summed E-state index contributed by atoms with van der Waals surface area (Å²) in [4.78, 5) is 23.3. The maximum absolute atomic E-state index is 12.8. The molecule has 2 aromatic carbocycles. The van der Waals surface area contributed by atoms with Crippen LogP contribution in [0.2, 0.25) is 0 Å². The number of ether oxygens (including phenoxy) is 1. The molecule has 0 fully saturated rings.